The average Bonchev–Trinajstić information content (AvgIpc) is 2.60. The molecule has 0 radical (unpaired) electrons. The summed E-state index contributed by atoms with van der Waals surface area (Å²) in [6.07, 6.45) is 1.53. The Bertz CT molecular complexity index is 1020. The standard InChI is InChI=1S/C17H9FN4OS/c18-11-3-4-12-13(6-11)17(22-16(23)14(12)7-19)24-9-10-2-1-5-21-15(10)8-20/h1-6H,9H2,(H,22,23). The number of aromatic nitrogens is 2. The van der Waals surface area contributed by atoms with Crippen molar-refractivity contribution in [1.29, 1.82) is 10.5 Å². The van der Waals surface area contributed by atoms with Crippen LogP contribution in [0.1, 0.15) is 16.8 Å². The predicted octanol–water partition coefficient (Wildman–Crippen LogP) is 3.51. The van der Waals surface area contributed by atoms with Gasteiger partial charge in [-0.15, -0.1) is 11.8 Å². The Morgan fingerprint density at radius 2 is 2.00 bits per heavy atom. The van der Waals surface area contributed by atoms with E-state index < -0.39 is 11.7 Å². The second kappa shape index (κ2) is 6.53. The van der Waals surface area contributed by atoms with Gasteiger partial charge in [-0.1, -0.05) is 6.07 Å². The van der Waals surface area contributed by atoms with Gasteiger partial charge in [-0.05, 0) is 29.8 Å². The molecular formula is C17H9FN4OS. The van der Waals surface area contributed by atoms with Crippen molar-refractivity contribution in [3.63, 3.8) is 0 Å². The Labute approximate surface area is 141 Å². The van der Waals surface area contributed by atoms with E-state index in [1.54, 1.807) is 12.1 Å². The quantitative estimate of drug-likeness (QED) is 0.736. The van der Waals surface area contributed by atoms with Crippen molar-refractivity contribution < 1.29 is 9.50 Å². The minimum absolute atomic E-state index is 0.00782. The molecule has 0 aliphatic carbocycles. The Morgan fingerprint density at radius 1 is 1.17 bits per heavy atom. The van der Waals surface area contributed by atoms with Crippen LogP contribution in [0.3, 0.4) is 0 Å². The molecule has 5 nitrogen and oxygen atoms in total. The zero-order valence-corrected chi connectivity index (χ0v) is 13.0. The first-order chi connectivity index (χ1) is 11.6. The summed E-state index contributed by atoms with van der Waals surface area (Å²) in [6, 6.07) is 11.3. The highest BCUT2D eigenvalue weighted by Crippen LogP contribution is 2.34. The number of nitriles is 2. The molecule has 3 rings (SSSR count). The summed E-state index contributed by atoms with van der Waals surface area (Å²) >= 11 is 1.24. The van der Waals surface area contributed by atoms with Crippen molar-refractivity contribution >= 4 is 22.5 Å². The second-order valence-corrected chi connectivity index (χ2v) is 5.79. The Kier molecular flexibility index (Phi) is 4.28. The van der Waals surface area contributed by atoms with Crippen LogP contribution in [0.5, 0.6) is 5.88 Å². The average molecular weight is 336 g/mol. The molecule has 0 unspecified atom stereocenters. The molecule has 0 saturated carbocycles. The van der Waals surface area contributed by atoms with Gasteiger partial charge in [0, 0.05) is 22.7 Å². The molecule has 116 valence electrons. The van der Waals surface area contributed by atoms with Crippen LogP contribution in [0.2, 0.25) is 0 Å². The first kappa shape index (κ1) is 15.7. The number of pyridine rings is 2. The van der Waals surface area contributed by atoms with Crippen LogP contribution in [0.15, 0.2) is 41.6 Å². The molecule has 0 bridgehead atoms. The normalized spacial score (nSPS) is 10.3. The maximum absolute atomic E-state index is 13.6. The Hall–Kier alpha value is -3.16. The molecule has 24 heavy (non-hydrogen) atoms. The van der Waals surface area contributed by atoms with Gasteiger partial charge in [0.25, 0.3) is 0 Å². The number of halogens is 1. The summed E-state index contributed by atoms with van der Waals surface area (Å²) in [5, 5.41) is 29.4. The van der Waals surface area contributed by atoms with Gasteiger partial charge in [0.15, 0.2) is 0 Å². The summed E-state index contributed by atoms with van der Waals surface area (Å²) < 4.78 is 13.6. The summed E-state index contributed by atoms with van der Waals surface area (Å²) in [5.41, 5.74) is 1.02. The Morgan fingerprint density at radius 3 is 2.75 bits per heavy atom. The molecule has 0 amide bonds. The highest BCUT2D eigenvalue weighted by molar-refractivity contribution is 7.98. The molecule has 2 heterocycles. The molecule has 0 aliphatic heterocycles. The van der Waals surface area contributed by atoms with Crippen LogP contribution in [0.25, 0.3) is 10.8 Å². The van der Waals surface area contributed by atoms with Crippen LogP contribution < -0.4 is 0 Å². The highest BCUT2D eigenvalue weighted by Gasteiger charge is 2.15. The van der Waals surface area contributed by atoms with E-state index in [0.717, 1.165) is 0 Å². The van der Waals surface area contributed by atoms with Gasteiger partial charge < -0.3 is 5.11 Å². The number of fused-ring (bicyclic) bond motifs is 1. The van der Waals surface area contributed by atoms with Crippen molar-refractivity contribution in [1.82, 2.24) is 9.97 Å². The third-order valence-corrected chi connectivity index (χ3v) is 4.43. The number of nitrogens with zero attached hydrogens (tertiary/aromatic N) is 4. The largest absolute Gasteiger partial charge is 0.492 e. The van der Waals surface area contributed by atoms with Gasteiger partial charge in [0.2, 0.25) is 5.88 Å². The molecule has 3 aromatic rings. The maximum Gasteiger partial charge on any atom is 0.230 e. The predicted molar refractivity (Wildman–Crippen MR) is 86.6 cm³/mol. The number of hydrogen-bond acceptors (Lipinski definition) is 6. The van der Waals surface area contributed by atoms with E-state index in [0.29, 0.717) is 32.8 Å². The van der Waals surface area contributed by atoms with Crippen molar-refractivity contribution in [2.45, 2.75) is 10.8 Å². The van der Waals surface area contributed by atoms with E-state index in [2.05, 4.69) is 9.97 Å². The Balaban J connectivity index is 2.06. The van der Waals surface area contributed by atoms with Crippen LogP contribution in [-0.4, -0.2) is 15.1 Å². The summed E-state index contributed by atoms with van der Waals surface area (Å²) in [5.74, 6) is -0.480. The fourth-order valence-corrected chi connectivity index (χ4v) is 3.27. The molecule has 0 spiro atoms. The van der Waals surface area contributed by atoms with Crippen LogP contribution in [0.4, 0.5) is 4.39 Å². The minimum atomic E-state index is -0.458. The van der Waals surface area contributed by atoms with Crippen LogP contribution in [0, 0.1) is 28.5 Å². The topological polar surface area (TPSA) is 93.6 Å². The molecule has 0 fully saturated rings. The first-order valence-corrected chi connectivity index (χ1v) is 7.81. The molecule has 1 N–H and O–H groups in total. The van der Waals surface area contributed by atoms with E-state index in [4.69, 9.17) is 10.5 Å². The van der Waals surface area contributed by atoms with Gasteiger partial charge in [-0.25, -0.2) is 14.4 Å². The van der Waals surface area contributed by atoms with Crippen LogP contribution in [-0.2, 0) is 5.75 Å². The van der Waals surface area contributed by atoms with Gasteiger partial charge in [-0.2, -0.15) is 10.5 Å². The zero-order chi connectivity index (χ0) is 17.1. The molecule has 1 aromatic carbocycles. The molecular weight excluding hydrogens is 327 g/mol. The fraction of sp³-hybridized carbons (Fsp3) is 0.0588. The molecule has 7 heteroatoms. The summed E-state index contributed by atoms with van der Waals surface area (Å²) in [4.78, 5) is 7.99. The van der Waals surface area contributed by atoms with Crippen molar-refractivity contribution in [2.24, 2.45) is 0 Å². The lowest BCUT2D eigenvalue weighted by molar-refractivity contribution is 0.448. The van der Waals surface area contributed by atoms with Gasteiger partial charge in [-0.3, -0.25) is 0 Å². The van der Waals surface area contributed by atoms with Crippen molar-refractivity contribution in [3.8, 4) is 18.0 Å². The van der Waals surface area contributed by atoms with E-state index in [1.807, 2.05) is 12.1 Å². The highest BCUT2D eigenvalue weighted by atomic mass is 32.2. The molecule has 0 aliphatic rings. The summed E-state index contributed by atoms with van der Waals surface area (Å²) in [7, 11) is 0. The van der Waals surface area contributed by atoms with E-state index >= 15 is 0 Å². The fourth-order valence-electron chi connectivity index (χ4n) is 2.27. The van der Waals surface area contributed by atoms with E-state index in [9.17, 15) is 9.50 Å². The zero-order valence-electron chi connectivity index (χ0n) is 12.2. The number of aromatic hydroxyl groups is 1. The van der Waals surface area contributed by atoms with Crippen molar-refractivity contribution in [2.75, 3.05) is 0 Å². The lowest BCUT2D eigenvalue weighted by atomic mass is 10.1. The van der Waals surface area contributed by atoms with E-state index in [1.165, 1.54) is 36.2 Å². The lowest BCUT2D eigenvalue weighted by Crippen LogP contribution is -1.94. The second-order valence-electron chi connectivity index (χ2n) is 4.83. The third kappa shape index (κ3) is 2.85. The number of thioether (sulfide) groups is 1. The third-order valence-electron chi connectivity index (χ3n) is 3.39. The molecule has 0 saturated heterocycles. The minimum Gasteiger partial charge on any atom is -0.492 e. The van der Waals surface area contributed by atoms with Crippen molar-refractivity contribution in [3.05, 3.63) is 59.2 Å². The molecule has 0 atom stereocenters. The first-order valence-electron chi connectivity index (χ1n) is 6.83. The summed E-state index contributed by atoms with van der Waals surface area (Å²) in [6.45, 7) is 0. The lowest BCUT2D eigenvalue weighted by Gasteiger charge is -2.09. The maximum atomic E-state index is 13.6. The monoisotopic (exact) mass is 336 g/mol. The van der Waals surface area contributed by atoms with Crippen LogP contribution >= 0.6 is 11.8 Å². The number of rotatable bonds is 3. The van der Waals surface area contributed by atoms with Gasteiger partial charge >= 0.3 is 0 Å². The van der Waals surface area contributed by atoms with Gasteiger partial charge in [0.1, 0.15) is 34.2 Å². The molecule has 2 aromatic heterocycles. The smallest absolute Gasteiger partial charge is 0.230 e. The number of hydrogen-bond donors (Lipinski definition) is 1. The SMILES string of the molecule is N#Cc1ncccc1CSc1nc(O)c(C#N)c2ccc(F)cc12. The number of benzene rings is 1. The van der Waals surface area contributed by atoms with Gasteiger partial charge in [0.05, 0.1) is 0 Å². The van der Waals surface area contributed by atoms with E-state index in [-0.39, 0.29) is 5.56 Å².